The van der Waals surface area contributed by atoms with Gasteiger partial charge < -0.3 is 0 Å². The van der Waals surface area contributed by atoms with Crippen molar-refractivity contribution in [3.05, 3.63) is 72.4 Å². The lowest BCUT2D eigenvalue weighted by atomic mass is 10.0. The lowest BCUT2D eigenvalue weighted by molar-refractivity contribution is 1.18. The highest BCUT2D eigenvalue weighted by atomic mass is 14.0. The molecule has 0 nitrogen and oxygen atoms in total. The number of allylic oxidation sites excluding steroid dienone is 11. The average Bonchev–Trinajstić information content (AvgIpc) is 2.34. The fourth-order valence-electron chi connectivity index (χ4n) is 1.45. The molecule has 17 heavy (non-hydrogen) atoms. The summed E-state index contributed by atoms with van der Waals surface area (Å²) in [5.74, 6) is 0. The SMILES string of the molecule is C=C\C=C/C(=C\CC)C(/C=C\C=C/C)=C/CC. The van der Waals surface area contributed by atoms with Crippen molar-refractivity contribution >= 4 is 0 Å². The van der Waals surface area contributed by atoms with Crippen molar-refractivity contribution in [2.24, 2.45) is 0 Å². The van der Waals surface area contributed by atoms with Gasteiger partial charge in [0.15, 0.2) is 0 Å². The van der Waals surface area contributed by atoms with Gasteiger partial charge in [-0.1, -0.05) is 75.1 Å². The van der Waals surface area contributed by atoms with Gasteiger partial charge in [-0.25, -0.2) is 0 Å². The van der Waals surface area contributed by atoms with Crippen LogP contribution >= 0.6 is 0 Å². The summed E-state index contributed by atoms with van der Waals surface area (Å²) in [7, 11) is 0. The number of hydrogen-bond acceptors (Lipinski definition) is 0. The molecule has 0 saturated heterocycles. The van der Waals surface area contributed by atoms with Gasteiger partial charge in [-0.3, -0.25) is 0 Å². The summed E-state index contributed by atoms with van der Waals surface area (Å²) >= 11 is 0. The van der Waals surface area contributed by atoms with Gasteiger partial charge in [0.1, 0.15) is 0 Å². The molecule has 0 aromatic rings. The first-order valence-electron chi connectivity index (χ1n) is 6.29. The van der Waals surface area contributed by atoms with Crippen LogP contribution in [0.2, 0.25) is 0 Å². The van der Waals surface area contributed by atoms with Gasteiger partial charge in [-0.15, -0.1) is 0 Å². The van der Waals surface area contributed by atoms with Gasteiger partial charge in [0, 0.05) is 0 Å². The van der Waals surface area contributed by atoms with Crippen LogP contribution in [0, 0.1) is 0 Å². The van der Waals surface area contributed by atoms with E-state index in [4.69, 9.17) is 0 Å². The fraction of sp³-hybridized carbons (Fsp3) is 0.294. The predicted octanol–water partition coefficient (Wildman–Crippen LogP) is 5.53. The second-order valence-electron chi connectivity index (χ2n) is 3.62. The first kappa shape index (κ1) is 15.4. The van der Waals surface area contributed by atoms with Crippen LogP contribution in [-0.2, 0) is 0 Å². The highest BCUT2D eigenvalue weighted by Crippen LogP contribution is 2.15. The molecule has 0 aliphatic heterocycles. The standard InChI is InChI=1S/C17H24/c1-5-9-11-15-17(13-8-4)16(12-7-3)14-10-6-2/h5-6,9-15H,2,7-8H2,1,3-4H3/b9-5-,14-10-,15-11-,16-12+,17-13+. The normalized spacial score (nSPS) is 14.3. The molecule has 0 aliphatic carbocycles. The Morgan fingerprint density at radius 3 is 1.82 bits per heavy atom. The molecule has 0 fully saturated rings. The number of hydrogen-bond donors (Lipinski definition) is 0. The van der Waals surface area contributed by atoms with E-state index in [0.717, 1.165) is 12.8 Å². The first-order chi connectivity index (χ1) is 8.29. The van der Waals surface area contributed by atoms with Crippen molar-refractivity contribution in [2.45, 2.75) is 33.6 Å². The quantitative estimate of drug-likeness (QED) is 0.502. The van der Waals surface area contributed by atoms with E-state index in [0.29, 0.717) is 0 Å². The highest BCUT2D eigenvalue weighted by molar-refractivity contribution is 5.47. The zero-order valence-electron chi connectivity index (χ0n) is 11.3. The van der Waals surface area contributed by atoms with E-state index < -0.39 is 0 Å². The van der Waals surface area contributed by atoms with E-state index in [9.17, 15) is 0 Å². The molecule has 0 N–H and O–H groups in total. The fourth-order valence-corrected chi connectivity index (χ4v) is 1.45. The minimum absolute atomic E-state index is 1.04. The van der Waals surface area contributed by atoms with E-state index >= 15 is 0 Å². The highest BCUT2D eigenvalue weighted by Gasteiger charge is 1.96. The zero-order chi connectivity index (χ0) is 12.9. The van der Waals surface area contributed by atoms with Gasteiger partial charge in [0.2, 0.25) is 0 Å². The Kier molecular flexibility index (Phi) is 9.94. The Bertz CT molecular complexity index is 346. The molecule has 92 valence electrons. The summed E-state index contributed by atoms with van der Waals surface area (Å²) in [6.45, 7) is 10.0. The van der Waals surface area contributed by atoms with E-state index in [1.807, 2.05) is 31.2 Å². The molecule has 0 amide bonds. The zero-order valence-corrected chi connectivity index (χ0v) is 11.3. The van der Waals surface area contributed by atoms with Crippen LogP contribution in [0.5, 0.6) is 0 Å². The van der Waals surface area contributed by atoms with Gasteiger partial charge >= 0.3 is 0 Å². The summed E-state index contributed by atoms with van der Waals surface area (Å²) in [6.07, 6.45) is 20.8. The summed E-state index contributed by atoms with van der Waals surface area (Å²) in [5.41, 5.74) is 2.53. The molecule has 0 radical (unpaired) electrons. The van der Waals surface area contributed by atoms with Crippen molar-refractivity contribution in [3.63, 3.8) is 0 Å². The Labute approximate surface area is 106 Å². The molecule has 0 spiro atoms. The van der Waals surface area contributed by atoms with Crippen molar-refractivity contribution in [1.82, 2.24) is 0 Å². The predicted molar refractivity (Wildman–Crippen MR) is 80.0 cm³/mol. The maximum Gasteiger partial charge on any atom is -0.0227 e. The maximum absolute atomic E-state index is 3.71. The molecule has 0 saturated carbocycles. The van der Waals surface area contributed by atoms with E-state index in [2.05, 4.69) is 50.8 Å². The third-order valence-electron chi connectivity index (χ3n) is 2.17. The molecular weight excluding hydrogens is 204 g/mol. The van der Waals surface area contributed by atoms with Gasteiger partial charge in [0.25, 0.3) is 0 Å². The Hall–Kier alpha value is -1.56. The first-order valence-corrected chi connectivity index (χ1v) is 6.29. The van der Waals surface area contributed by atoms with Crippen LogP contribution in [0.25, 0.3) is 0 Å². The maximum atomic E-state index is 3.71. The van der Waals surface area contributed by atoms with Crippen molar-refractivity contribution in [2.75, 3.05) is 0 Å². The van der Waals surface area contributed by atoms with Crippen molar-refractivity contribution in [1.29, 1.82) is 0 Å². The molecule has 0 heteroatoms. The molecule has 0 atom stereocenters. The van der Waals surface area contributed by atoms with E-state index in [1.54, 1.807) is 0 Å². The van der Waals surface area contributed by atoms with Crippen LogP contribution in [0.1, 0.15) is 33.6 Å². The largest absolute Gasteiger partial charge is 0.0991 e. The monoisotopic (exact) mass is 228 g/mol. The molecule has 0 aromatic carbocycles. The van der Waals surface area contributed by atoms with Gasteiger partial charge in [-0.05, 0) is 30.9 Å². The molecule has 0 rings (SSSR count). The third kappa shape index (κ3) is 7.35. The molecule has 0 bridgehead atoms. The third-order valence-corrected chi connectivity index (χ3v) is 2.17. The van der Waals surface area contributed by atoms with Crippen LogP contribution in [-0.4, -0.2) is 0 Å². The molecule has 0 unspecified atom stereocenters. The van der Waals surface area contributed by atoms with E-state index in [1.165, 1.54) is 11.1 Å². The minimum atomic E-state index is 1.04. The Morgan fingerprint density at radius 2 is 1.41 bits per heavy atom. The minimum Gasteiger partial charge on any atom is -0.0991 e. The second-order valence-corrected chi connectivity index (χ2v) is 3.62. The Balaban J connectivity index is 5.10. The molecule has 0 heterocycles. The average molecular weight is 228 g/mol. The van der Waals surface area contributed by atoms with Gasteiger partial charge in [0.05, 0.1) is 0 Å². The Morgan fingerprint density at radius 1 is 0.882 bits per heavy atom. The lowest BCUT2D eigenvalue weighted by Gasteiger charge is -2.03. The summed E-state index contributed by atoms with van der Waals surface area (Å²) < 4.78 is 0. The topological polar surface area (TPSA) is 0 Å². The summed E-state index contributed by atoms with van der Waals surface area (Å²) in [5, 5.41) is 0. The molecule has 0 aliphatic rings. The van der Waals surface area contributed by atoms with Crippen molar-refractivity contribution in [3.8, 4) is 0 Å². The van der Waals surface area contributed by atoms with Crippen molar-refractivity contribution < 1.29 is 0 Å². The van der Waals surface area contributed by atoms with E-state index in [-0.39, 0.29) is 0 Å². The van der Waals surface area contributed by atoms with Gasteiger partial charge in [-0.2, -0.15) is 0 Å². The second kappa shape index (κ2) is 10.9. The van der Waals surface area contributed by atoms with Crippen LogP contribution in [0.15, 0.2) is 72.4 Å². The smallest absolute Gasteiger partial charge is 0.0227 e. The molecule has 0 aromatic heterocycles. The summed E-state index contributed by atoms with van der Waals surface area (Å²) in [6, 6.07) is 0. The molecular formula is C17H24. The van der Waals surface area contributed by atoms with Crippen LogP contribution in [0.3, 0.4) is 0 Å². The number of rotatable bonds is 7. The lowest BCUT2D eigenvalue weighted by Crippen LogP contribution is -1.84. The van der Waals surface area contributed by atoms with Crippen LogP contribution < -0.4 is 0 Å². The summed E-state index contributed by atoms with van der Waals surface area (Å²) in [4.78, 5) is 0. The van der Waals surface area contributed by atoms with Crippen LogP contribution in [0.4, 0.5) is 0 Å².